The zero-order valence-electron chi connectivity index (χ0n) is 29.1. The molecule has 4 unspecified atom stereocenters. The van der Waals surface area contributed by atoms with E-state index in [1.54, 1.807) is 20.1 Å². The van der Waals surface area contributed by atoms with Gasteiger partial charge in [0.2, 0.25) is 0 Å². The summed E-state index contributed by atoms with van der Waals surface area (Å²) in [4.78, 5) is 13.9. The highest BCUT2D eigenvalue weighted by atomic mass is 19.1. The Morgan fingerprint density at radius 2 is 1.80 bits per heavy atom. The van der Waals surface area contributed by atoms with E-state index in [4.69, 9.17) is 14.7 Å². The second-order valence-corrected chi connectivity index (χ2v) is 12.3. The molecule has 0 bridgehead atoms. The van der Waals surface area contributed by atoms with E-state index >= 15 is 0 Å². The number of methoxy groups -OCH3 is 1. The number of nitrogens with zero attached hydrogens (tertiary/aromatic N) is 4. The van der Waals surface area contributed by atoms with Crippen LogP contribution in [0.4, 0.5) is 15.9 Å². The third-order valence-corrected chi connectivity index (χ3v) is 9.02. The van der Waals surface area contributed by atoms with Crippen molar-refractivity contribution < 1.29 is 14.2 Å². The molecule has 7 nitrogen and oxygen atoms in total. The molecule has 3 aromatic rings. The minimum Gasteiger partial charge on any atom is -0.508 e. The number of aromatic hydroxyl groups is 1. The van der Waals surface area contributed by atoms with E-state index in [0.717, 1.165) is 65.4 Å². The van der Waals surface area contributed by atoms with Crippen LogP contribution in [-0.4, -0.2) is 60.1 Å². The summed E-state index contributed by atoms with van der Waals surface area (Å²) in [5.41, 5.74) is 3.00. The van der Waals surface area contributed by atoms with Gasteiger partial charge in [-0.1, -0.05) is 97.9 Å². The van der Waals surface area contributed by atoms with Crippen molar-refractivity contribution in [3.8, 4) is 11.8 Å². The molecule has 8 heteroatoms. The van der Waals surface area contributed by atoms with E-state index in [-0.39, 0.29) is 17.8 Å². The number of hydrogen-bond donors (Lipinski definition) is 2. The smallest absolute Gasteiger partial charge is 0.318 e. The van der Waals surface area contributed by atoms with E-state index in [0.29, 0.717) is 19.1 Å². The van der Waals surface area contributed by atoms with E-state index in [1.165, 1.54) is 32.1 Å². The minimum absolute atomic E-state index is 0.201. The van der Waals surface area contributed by atoms with Crippen molar-refractivity contribution in [1.29, 1.82) is 0 Å². The number of phenolic OH excluding ortho intramolecular Hbond substituents is 1. The van der Waals surface area contributed by atoms with Crippen molar-refractivity contribution in [2.75, 3.05) is 36.5 Å². The Balaban J connectivity index is 0.000000435. The van der Waals surface area contributed by atoms with Crippen molar-refractivity contribution in [1.82, 2.24) is 15.3 Å². The van der Waals surface area contributed by atoms with Gasteiger partial charge in [0.1, 0.15) is 17.7 Å². The van der Waals surface area contributed by atoms with Crippen LogP contribution in [-0.2, 0) is 13.0 Å². The molecular weight excluding hydrogens is 565 g/mol. The van der Waals surface area contributed by atoms with Crippen molar-refractivity contribution in [2.24, 2.45) is 5.92 Å². The Morgan fingerprint density at radius 1 is 1.04 bits per heavy atom. The fourth-order valence-corrected chi connectivity index (χ4v) is 6.11. The quantitative estimate of drug-likeness (QED) is 0.220. The highest BCUT2D eigenvalue weighted by Crippen LogP contribution is 2.36. The van der Waals surface area contributed by atoms with Crippen molar-refractivity contribution >= 4 is 22.3 Å². The molecule has 2 N–H and O–H groups in total. The largest absolute Gasteiger partial charge is 0.508 e. The zero-order valence-corrected chi connectivity index (χ0v) is 29.1. The molecule has 1 aromatic heterocycles. The molecule has 1 saturated heterocycles. The van der Waals surface area contributed by atoms with Crippen molar-refractivity contribution in [3.05, 3.63) is 47.7 Å². The fourth-order valence-electron chi connectivity index (χ4n) is 6.11. The number of halogens is 1. The first kappa shape index (κ1) is 36.3. The lowest BCUT2D eigenvalue weighted by molar-refractivity contribution is 0.229. The first-order valence-corrected chi connectivity index (χ1v) is 17.3. The summed E-state index contributed by atoms with van der Waals surface area (Å²) < 4.78 is 19.8. The van der Waals surface area contributed by atoms with Gasteiger partial charge in [0.25, 0.3) is 0 Å². The molecule has 45 heavy (non-hydrogen) atoms. The SMILES string of the molecule is CC.CCC1CN(c2nc(OC)nc3c2CCN(c2cc(O)cc4ccccc24)C3)CC(C(C)F)N1.CCCCCC(C)CC. The molecule has 2 aromatic carbocycles. The number of alkyl halides is 1. The summed E-state index contributed by atoms with van der Waals surface area (Å²) in [6.07, 6.45) is 7.73. The first-order valence-electron chi connectivity index (χ1n) is 17.3. The Hall–Kier alpha value is -3.13. The molecule has 0 saturated carbocycles. The molecule has 0 amide bonds. The van der Waals surface area contributed by atoms with Gasteiger partial charge in [-0.2, -0.15) is 9.97 Å². The van der Waals surface area contributed by atoms with Crippen LogP contribution in [0.2, 0.25) is 0 Å². The van der Waals surface area contributed by atoms with Gasteiger partial charge in [0.05, 0.1) is 25.4 Å². The summed E-state index contributed by atoms with van der Waals surface area (Å²) in [6.45, 7) is 17.3. The van der Waals surface area contributed by atoms with Crippen LogP contribution in [0.3, 0.4) is 0 Å². The summed E-state index contributed by atoms with van der Waals surface area (Å²) in [7, 11) is 1.58. The second kappa shape index (κ2) is 18.1. The number of hydrogen-bond acceptors (Lipinski definition) is 7. The lowest BCUT2D eigenvalue weighted by Crippen LogP contribution is -2.59. The number of unbranched alkanes of at least 4 members (excludes halogenated alkanes) is 2. The molecule has 2 aliphatic rings. The Bertz CT molecular complexity index is 1320. The number of fused-ring (bicyclic) bond motifs is 2. The standard InChI is InChI=1S/C26H32FN5O2.C9H20.C2H6/c1-4-18-13-32(14-22(28-18)16(2)27)25-21-9-10-31(15-23(21)29-26(30-25)34-3)24-12-19(33)11-17-7-5-6-8-20(17)24;1-4-6-7-8-9(3)5-2;1-2/h5-8,11-12,16,18,22,28,33H,4,9-10,13-15H2,1-3H3;9H,4-8H2,1-3H3;1-2H3. The average molecular weight is 624 g/mol. The monoisotopic (exact) mass is 623 g/mol. The van der Waals surface area contributed by atoms with Crippen LogP contribution in [0, 0.1) is 5.92 Å². The van der Waals surface area contributed by atoms with Gasteiger partial charge in [-0.3, -0.25) is 0 Å². The van der Waals surface area contributed by atoms with Gasteiger partial charge in [-0.05, 0) is 37.1 Å². The summed E-state index contributed by atoms with van der Waals surface area (Å²) >= 11 is 0. The maximum Gasteiger partial charge on any atom is 0.318 e. The summed E-state index contributed by atoms with van der Waals surface area (Å²) in [5.74, 6) is 2.06. The van der Waals surface area contributed by atoms with Crippen molar-refractivity contribution in [2.45, 2.75) is 118 Å². The number of phenols is 1. The average Bonchev–Trinajstić information content (AvgIpc) is 3.07. The molecule has 0 spiro atoms. The highest BCUT2D eigenvalue weighted by Gasteiger charge is 2.33. The van der Waals surface area contributed by atoms with E-state index in [9.17, 15) is 9.50 Å². The number of rotatable bonds is 10. The predicted molar refractivity (Wildman–Crippen MR) is 188 cm³/mol. The van der Waals surface area contributed by atoms with Crippen LogP contribution < -0.4 is 19.9 Å². The van der Waals surface area contributed by atoms with Gasteiger partial charge in [0, 0.05) is 48.4 Å². The molecular formula is C37H58FN5O2. The summed E-state index contributed by atoms with van der Waals surface area (Å²) in [5, 5.41) is 15.9. The molecule has 4 atom stereocenters. The molecule has 0 aliphatic carbocycles. The number of anilines is 2. The molecule has 0 radical (unpaired) electrons. The number of piperazine rings is 1. The fraction of sp³-hybridized carbons (Fsp3) is 0.622. The second-order valence-electron chi connectivity index (χ2n) is 12.3. The molecule has 2 aliphatic heterocycles. The Morgan fingerprint density at radius 3 is 2.47 bits per heavy atom. The normalized spacial score (nSPS) is 19.0. The summed E-state index contributed by atoms with van der Waals surface area (Å²) in [6, 6.07) is 12.0. The maximum absolute atomic E-state index is 14.3. The number of ether oxygens (including phenoxy) is 1. The van der Waals surface area contributed by atoms with Crippen LogP contribution >= 0.6 is 0 Å². The molecule has 250 valence electrons. The van der Waals surface area contributed by atoms with Crippen LogP contribution in [0.5, 0.6) is 11.8 Å². The third kappa shape index (κ3) is 9.68. The van der Waals surface area contributed by atoms with Gasteiger partial charge in [-0.25, -0.2) is 4.39 Å². The van der Waals surface area contributed by atoms with E-state index < -0.39 is 6.17 Å². The lowest BCUT2D eigenvalue weighted by Gasteiger charge is -2.41. The first-order chi connectivity index (χ1) is 21.8. The van der Waals surface area contributed by atoms with Gasteiger partial charge < -0.3 is 25.0 Å². The third-order valence-electron chi connectivity index (χ3n) is 9.02. The maximum atomic E-state index is 14.3. The van der Waals surface area contributed by atoms with Crippen LogP contribution in [0.25, 0.3) is 10.8 Å². The topological polar surface area (TPSA) is 73.8 Å². The van der Waals surface area contributed by atoms with Gasteiger partial charge in [-0.15, -0.1) is 0 Å². The zero-order chi connectivity index (χ0) is 32.9. The number of benzene rings is 2. The van der Waals surface area contributed by atoms with Gasteiger partial charge in [0.15, 0.2) is 0 Å². The predicted octanol–water partition coefficient (Wildman–Crippen LogP) is 8.46. The van der Waals surface area contributed by atoms with E-state index in [1.807, 2.05) is 38.1 Å². The Labute approximate surface area is 271 Å². The van der Waals surface area contributed by atoms with Gasteiger partial charge >= 0.3 is 6.01 Å². The van der Waals surface area contributed by atoms with Crippen molar-refractivity contribution in [3.63, 3.8) is 0 Å². The number of nitrogens with one attached hydrogen (secondary N) is 1. The minimum atomic E-state index is -0.953. The van der Waals surface area contributed by atoms with Crippen LogP contribution in [0.1, 0.15) is 98.2 Å². The van der Waals surface area contributed by atoms with E-state index in [2.05, 4.69) is 48.9 Å². The molecule has 1 fully saturated rings. The Kier molecular flexibility index (Phi) is 14.6. The molecule has 3 heterocycles. The number of aromatic nitrogens is 2. The highest BCUT2D eigenvalue weighted by molar-refractivity contribution is 5.95. The lowest BCUT2D eigenvalue weighted by atomic mass is 10.00. The molecule has 5 rings (SSSR count). The van der Waals surface area contributed by atoms with Crippen LogP contribution in [0.15, 0.2) is 36.4 Å².